The molecule has 1 saturated heterocycles. The first-order valence-corrected chi connectivity index (χ1v) is 9.58. The summed E-state index contributed by atoms with van der Waals surface area (Å²) >= 11 is 0. The standard InChI is InChI=1S/C17H20N4O4S/c1-25-16-5-3-2-4-14(16)19-15-7-6-13(20-22)12-17(15)26(23,24)21-10-8-18-9-11-21/h2-7,12,18-19H,8-11H2,1H3. The Labute approximate surface area is 152 Å². The summed E-state index contributed by atoms with van der Waals surface area (Å²) in [6, 6.07) is 11.5. The molecule has 8 nitrogen and oxygen atoms in total. The Morgan fingerprint density at radius 2 is 1.85 bits per heavy atom. The summed E-state index contributed by atoms with van der Waals surface area (Å²) in [5, 5.41) is 9.10. The van der Waals surface area contributed by atoms with Gasteiger partial charge in [0.05, 0.1) is 18.5 Å². The van der Waals surface area contributed by atoms with E-state index in [1.807, 2.05) is 12.1 Å². The summed E-state index contributed by atoms with van der Waals surface area (Å²) in [7, 11) is -2.23. The van der Waals surface area contributed by atoms with E-state index < -0.39 is 10.0 Å². The van der Waals surface area contributed by atoms with Gasteiger partial charge in [0.15, 0.2) is 0 Å². The van der Waals surface area contributed by atoms with Crippen LogP contribution >= 0.6 is 0 Å². The van der Waals surface area contributed by atoms with Gasteiger partial charge in [0, 0.05) is 26.2 Å². The fraction of sp³-hybridized carbons (Fsp3) is 0.294. The molecule has 9 heteroatoms. The van der Waals surface area contributed by atoms with Crippen molar-refractivity contribution in [3.8, 4) is 5.75 Å². The maximum Gasteiger partial charge on any atom is 0.245 e. The number of nitrogens with one attached hydrogen (secondary N) is 2. The Hall–Kier alpha value is -2.49. The first-order chi connectivity index (χ1) is 12.6. The molecule has 0 bridgehead atoms. The highest BCUT2D eigenvalue weighted by Gasteiger charge is 2.29. The van der Waals surface area contributed by atoms with Crippen LogP contribution in [0.1, 0.15) is 0 Å². The fourth-order valence-corrected chi connectivity index (χ4v) is 4.41. The minimum Gasteiger partial charge on any atom is -0.495 e. The molecule has 2 N–H and O–H groups in total. The summed E-state index contributed by atoms with van der Waals surface area (Å²) in [5.41, 5.74) is 1.04. The van der Waals surface area contributed by atoms with E-state index in [0.29, 0.717) is 43.3 Å². The molecule has 26 heavy (non-hydrogen) atoms. The molecule has 0 spiro atoms. The molecule has 0 radical (unpaired) electrons. The number of nitroso groups, excluding NO2 is 1. The summed E-state index contributed by atoms with van der Waals surface area (Å²) in [4.78, 5) is 10.9. The quantitative estimate of drug-likeness (QED) is 0.751. The molecule has 0 aromatic heterocycles. The second kappa shape index (κ2) is 7.81. The molecule has 0 aliphatic carbocycles. The highest BCUT2D eigenvalue weighted by atomic mass is 32.2. The maximum absolute atomic E-state index is 13.1. The van der Waals surface area contributed by atoms with E-state index in [-0.39, 0.29) is 10.6 Å². The van der Waals surface area contributed by atoms with Gasteiger partial charge in [-0.25, -0.2) is 8.42 Å². The largest absolute Gasteiger partial charge is 0.495 e. The minimum absolute atomic E-state index is 0.0161. The topological polar surface area (TPSA) is 100 Å². The van der Waals surface area contributed by atoms with E-state index in [1.54, 1.807) is 12.1 Å². The average Bonchev–Trinajstić information content (AvgIpc) is 2.69. The normalized spacial score (nSPS) is 15.4. The number of para-hydroxylation sites is 2. The van der Waals surface area contributed by atoms with Gasteiger partial charge < -0.3 is 15.4 Å². The minimum atomic E-state index is -3.77. The number of methoxy groups -OCH3 is 1. The molecule has 1 heterocycles. The molecule has 0 saturated carbocycles. The van der Waals surface area contributed by atoms with Crippen LogP contribution < -0.4 is 15.4 Å². The van der Waals surface area contributed by atoms with Crippen LogP contribution in [0, 0.1) is 4.91 Å². The van der Waals surface area contributed by atoms with Crippen molar-refractivity contribution in [3.63, 3.8) is 0 Å². The lowest BCUT2D eigenvalue weighted by atomic mass is 10.2. The zero-order chi connectivity index (χ0) is 18.6. The van der Waals surface area contributed by atoms with Crippen LogP contribution in [0.4, 0.5) is 17.1 Å². The van der Waals surface area contributed by atoms with Crippen LogP contribution in [0.15, 0.2) is 52.5 Å². The Balaban J connectivity index is 2.04. The van der Waals surface area contributed by atoms with Gasteiger partial charge in [0.2, 0.25) is 10.0 Å². The van der Waals surface area contributed by atoms with Crippen LogP contribution in [-0.4, -0.2) is 46.0 Å². The molecule has 3 rings (SSSR count). The second-order valence-electron chi connectivity index (χ2n) is 5.75. The number of nitrogens with zero attached hydrogens (tertiary/aromatic N) is 2. The predicted octanol–water partition coefficient (Wildman–Crippen LogP) is 2.43. The lowest BCUT2D eigenvalue weighted by molar-refractivity contribution is 0.360. The van der Waals surface area contributed by atoms with Gasteiger partial charge in [0.25, 0.3) is 0 Å². The number of hydrogen-bond donors (Lipinski definition) is 2. The molecule has 0 atom stereocenters. The Morgan fingerprint density at radius 3 is 2.54 bits per heavy atom. The molecule has 0 unspecified atom stereocenters. The number of ether oxygens (including phenoxy) is 1. The van der Waals surface area contributed by atoms with Crippen molar-refractivity contribution in [2.75, 3.05) is 38.6 Å². The van der Waals surface area contributed by atoms with Crippen molar-refractivity contribution >= 4 is 27.1 Å². The van der Waals surface area contributed by atoms with Gasteiger partial charge in [-0.05, 0) is 35.5 Å². The van der Waals surface area contributed by atoms with E-state index in [4.69, 9.17) is 4.74 Å². The van der Waals surface area contributed by atoms with Crippen molar-refractivity contribution in [2.24, 2.45) is 5.18 Å². The third kappa shape index (κ3) is 3.69. The van der Waals surface area contributed by atoms with Gasteiger partial charge in [0.1, 0.15) is 16.3 Å². The summed E-state index contributed by atoms with van der Waals surface area (Å²) in [5.74, 6) is 0.579. The van der Waals surface area contributed by atoms with Crippen LogP contribution in [0.25, 0.3) is 0 Å². The van der Waals surface area contributed by atoms with Gasteiger partial charge in [-0.2, -0.15) is 4.31 Å². The molecule has 2 aromatic carbocycles. The first kappa shape index (κ1) is 18.3. The van der Waals surface area contributed by atoms with Crippen molar-refractivity contribution in [3.05, 3.63) is 47.4 Å². The highest BCUT2D eigenvalue weighted by molar-refractivity contribution is 7.89. The molecule has 138 valence electrons. The van der Waals surface area contributed by atoms with E-state index in [9.17, 15) is 13.3 Å². The monoisotopic (exact) mass is 376 g/mol. The van der Waals surface area contributed by atoms with Crippen molar-refractivity contribution in [2.45, 2.75) is 4.90 Å². The smallest absolute Gasteiger partial charge is 0.245 e. The van der Waals surface area contributed by atoms with Crippen LogP contribution in [0.3, 0.4) is 0 Å². The number of piperazine rings is 1. The first-order valence-electron chi connectivity index (χ1n) is 8.14. The summed E-state index contributed by atoms with van der Waals surface area (Å²) < 4.78 is 32.9. The molecular formula is C17H20N4O4S. The van der Waals surface area contributed by atoms with Crippen LogP contribution in [-0.2, 0) is 10.0 Å². The molecule has 1 fully saturated rings. The molecular weight excluding hydrogens is 356 g/mol. The number of hydrogen-bond acceptors (Lipinski definition) is 7. The third-order valence-corrected chi connectivity index (χ3v) is 6.08. The molecule has 1 aliphatic heterocycles. The molecule has 1 aliphatic rings. The van der Waals surface area contributed by atoms with E-state index in [0.717, 1.165) is 0 Å². The Kier molecular flexibility index (Phi) is 5.50. The van der Waals surface area contributed by atoms with Crippen molar-refractivity contribution < 1.29 is 13.2 Å². The zero-order valence-corrected chi connectivity index (χ0v) is 15.1. The van der Waals surface area contributed by atoms with Gasteiger partial charge in [-0.1, -0.05) is 12.1 Å². The number of sulfonamides is 1. The van der Waals surface area contributed by atoms with Crippen molar-refractivity contribution in [1.29, 1.82) is 0 Å². The fourth-order valence-electron chi connectivity index (χ4n) is 2.80. The van der Waals surface area contributed by atoms with Gasteiger partial charge >= 0.3 is 0 Å². The number of rotatable bonds is 6. The van der Waals surface area contributed by atoms with Crippen LogP contribution in [0.5, 0.6) is 5.75 Å². The predicted molar refractivity (Wildman–Crippen MR) is 99.8 cm³/mol. The van der Waals surface area contributed by atoms with E-state index >= 15 is 0 Å². The van der Waals surface area contributed by atoms with Crippen LogP contribution in [0.2, 0.25) is 0 Å². The Bertz CT molecular complexity index is 895. The lowest BCUT2D eigenvalue weighted by Gasteiger charge is -2.27. The maximum atomic E-state index is 13.1. The molecule has 2 aromatic rings. The third-order valence-electron chi connectivity index (χ3n) is 4.14. The summed E-state index contributed by atoms with van der Waals surface area (Å²) in [6.07, 6.45) is 0. The Morgan fingerprint density at radius 1 is 1.12 bits per heavy atom. The van der Waals surface area contributed by atoms with E-state index in [1.165, 1.54) is 29.6 Å². The zero-order valence-electron chi connectivity index (χ0n) is 14.3. The van der Waals surface area contributed by atoms with E-state index in [2.05, 4.69) is 15.8 Å². The number of benzene rings is 2. The van der Waals surface area contributed by atoms with Gasteiger partial charge in [-0.3, -0.25) is 0 Å². The second-order valence-corrected chi connectivity index (χ2v) is 7.66. The van der Waals surface area contributed by atoms with Crippen molar-refractivity contribution in [1.82, 2.24) is 9.62 Å². The molecule has 0 amide bonds. The number of anilines is 2. The lowest BCUT2D eigenvalue weighted by Crippen LogP contribution is -2.46. The SMILES string of the molecule is COc1ccccc1Nc1ccc(N=O)cc1S(=O)(=O)N1CCNCC1. The summed E-state index contributed by atoms with van der Waals surface area (Å²) in [6.45, 7) is 1.91. The highest BCUT2D eigenvalue weighted by Crippen LogP contribution is 2.34. The van der Waals surface area contributed by atoms with Gasteiger partial charge in [-0.15, -0.1) is 4.91 Å². The average molecular weight is 376 g/mol.